The minimum Gasteiger partial charge on any atom is -1.00 e. The van der Waals surface area contributed by atoms with E-state index < -0.39 is 0 Å². The molecule has 0 nitrogen and oxygen atoms in total. The van der Waals surface area contributed by atoms with Crippen LogP contribution in [0.4, 0.5) is 0 Å². The second kappa shape index (κ2) is 12.7. The summed E-state index contributed by atoms with van der Waals surface area (Å²) < 4.78 is 0. The predicted molar refractivity (Wildman–Crippen MR) is 105 cm³/mol. The maximum Gasteiger partial charge on any atom is 4.00 e. The number of hydrogen-bond acceptors (Lipinski definition) is 0. The van der Waals surface area contributed by atoms with Gasteiger partial charge in [-0.25, -0.2) is 24.3 Å². The molecule has 2 aliphatic rings. The van der Waals surface area contributed by atoms with Crippen LogP contribution in [-0.4, -0.2) is 0 Å². The standard InChI is InChI=1S/2C12H17.2ClH.Zr/c2*1-2-12(9-5-6-10-12)11-7-3-4-8-11;;;/h2*3-4,7-8H,2,5-6,9-10H2,1H3;2*1H;/q2*-1;;;+4/p-2. The molecule has 2 saturated carbocycles. The fourth-order valence-electron chi connectivity index (χ4n) is 5.25. The first kappa shape index (κ1) is 27.2. The zero-order valence-corrected chi connectivity index (χ0v) is 20.9. The van der Waals surface area contributed by atoms with Crippen molar-refractivity contribution in [1.29, 1.82) is 0 Å². The van der Waals surface area contributed by atoms with Gasteiger partial charge in [0.1, 0.15) is 0 Å². The Morgan fingerprint density at radius 2 is 0.852 bits per heavy atom. The van der Waals surface area contributed by atoms with Gasteiger partial charge in [-0.1, -0.05) is 88.9 Å². The van der Waals surface area contributed by atoms with Gasteiger partial charge in [-0.2, -0.15) is 35.4 Å². The minimum atomic E-state index is 0. The Bertz CT molecular complexity index is 520. The van der Waals surface area contributed by atoms with Crippen molar-refractivity contribution in [3.8, 4) is 0 Å². The Hall–Kier alpha value is 0.163. The van der Waals surface area contributed by atoms with E-state index in [4.69, 9.17) is 0 Å². The fraction of sp³-hybridized carbons (Fsp3) is 0.583. The van der Waals surface area contributed by atoms with Gasteiger partial charge >= 0.3 is 26.2 Å². The van der Waals surface area contributed by atoms with Gasteiger partial charge in [-0.05, 0) is 0 Å². The molecule has 0 spiro atoms. The molecule has 27 heavy (non-hydrogen) atoms. The molecule has 0 heterocycles. The monoisotopic (exact) mass is 482 g/mol. The number of rotatable bonds is 4. The smallest absolute Gasteiger partial charge is 1.00 e. The van der Waals surface area contributed by atoms with Gasteiger partial charge in [0.25, 0.3) is 0 Å². The van der Waals surface area contributed by atoms with Crippen LogP contribution in [0.2, 0.25) is 0 Å². The Morgan fingerprint density at radius 1 is 0.593 bits per heavy atom. The summed E-state index contributed by atoms with van der Waals surface area (Å²) in [5.41, 5.74) is 4.29. The van der Waals surface area contributed by atoms with Gasteiger partial charge < -0.3 is 24.8 Å². The molecule has 0 aliphatic heterocycles. The molecule has 0 amide bonds. The van der Waals surface area contributed by atoms with Gasteiger partial charge in [0.15, 0.2) is 0 Å². The van der Waals surface area contributed by atoms with Crippen molar-refractivity contribution in [2.45, 2.75) is 88.9 Å². The fourth-order valence-corrected chi connectivity index (χ4v) is 5.25. The molecule has 0 aromatic heterocycles. The second-order valence-corrected chi connectivity index (χ2v) is 8.03. The molecule has 2 aromatic carbocycles. The van der Waals surface area contributed by atoms with E-state index in [1.54, 1.807) is 11.1 Å². The first-order valence-corrected chi connectivity index (χ1v) is 10.2. The van der Waals surface area contributed by atoms with Crippen molar-refractivity contribution in [3.05, 3.63) is 59.7 Å². The Morgan fingerprint density at radius 3 is 1.07 bits per heavy atom. The third-order valence-corrected chi connectivity index (χ3v) is 7.02. The molecule has 2 fully saturated rings. The van der Waals surface area contributed by atoms with Crippen molar-refractivity contribution < 1.29 is 51.0 Å². The Labute approximate surface area is 198 Å². The van der Waals surface area contributed by atoms with E-state index in [0.717, 1.165) is 0 Å². The van der Waals surface area contributed by atoms with Crippen LogP contribution in [0.1, 0.15) is 89.2 Å². The summed E-state index contributed by atoms with van der Waals surface area (Å²) in [4.78, 5) is 0. The molecule has 0 bridgehead atoms. The molecule has 0 unspecified atom stereocenters. The van der Waals surface area contributed by atoms with Gasteiger partial charge in [-0.15, -0.1) is 0 Å². The van der Waals surface area contributed by atoms with E-state index in [0.29, 0.717) is 10.8 Å². The van der Waals surface area contributed by atoms with Crippen LogP contribution >= 0.6 is 0 Å². The van der Waals surface area contributed by atoms with Gasteiger partial charge in [0.2, 0.25) is 0 Å². The SMILES string of the molecule is CCC1([c-]2cccc2)CCCC1.CCC1([c-]2cccc2)CCCC1.[Cl-].[Cl-].[Zr+4]. The first-order valence-electron chi connectivity index (χ1n) is 10.2. The summed E-state index contributed by atoms with van der Waals surface area (Å²) in [6.45, 7) is 4.66. The van der Waals surface area contributed by atoms with Gasteiger partial charge in [0.05, 0.1) is 0 Å². The summed E-state index contributed by atoms with van der Waals surface area (Å²) in [5, 5.41) is 0. The van der Waals surface area contributed by atoms with Gasteiger partial charge in [0, 0.05) is 0 Å². The third-order valence-electron chi connectivity index (χ3n) is 7.02. The molecule has 2 aromatic rings. The summed E-state index contributed by atoms with van der Waals surface area (Å²) in [7, 11) is 0. The predicted octanol–water partition coefficient (Wildman–Crippen LogP) is 1.26. The largest absolute Gasteiger partial charge is 4.00 e. The average molecular weight is 485 g/mol. The topological polar surface area (TPSA) is 0 Å². The molecule has 3 heteroatoms. The summed E-state index contributed by atoms with van der Waals surface area (Å²) >= 11 is 0. The van der Waals surface area contributed by atoms with E-state index in [-0.39, 0.29) is 51.0 Å². The number of halogens is 2. The Balaban J connectivity index is 0.000000451. The minimum absolute atomic E-state index is 0. The normalized spacial score (nSPS) is 19.0. The summed E-state index contributed by atoms with van der Waals surface area (Å²) in [6, 6.07) is 17.9. The van der Waals surface area contributed by atoms with Gasteiger partial charge in [-0.3, -0.25) is 0 Å². The van der Waals surface area contributed by atoms with E-state index in [1.807, 2.05) is 0 Å². The quantitative estimate of drug-likeness (QED) is 0.574. The Kier molecular flexibility index (Phi) is 12.7. The summed E-state index contributed by atoms with van der Waals surface area (Å²) in [6.07, 6.45) is 14.0. The van der Waals surface area contributed by atoms with Crippen LogP contribution in [-0.2, 0) is 37.0 Å². The number of hydrogen-bond donors (Lipinski definition) is 0. The van der Waals surface area contributed by atoms with Crippen LogP contribution in [0, 0.1) is 0 Å². The first-order chi connectivity index (χ1) is 11.7. The van der Waals surface area contributed by atoms with Crippen LogP contribution in [0.15, 0.2) is 48.5 Å². The molecule has 0 atom stereocenters. The van der Waals surface area contributed by atoms with Crippen LogP contribution in [0.5, 0.6) is 0 Å². The molecule has 0 N–H and O–H groups in total. The average Bonchev–Trinajstić information content (AvgIpc) is 3.44. The molecular weight excluding hydrogens is 450 g/mol. The molecular formula is C24H34Cl2Zr. The molecule has 0 saturated heterocycles. The van der Waals surface area contributed by atoms with Crippen LogP contribution in [0.3, 0.4) is 0 Å². The van der Waals surface area contributed by atoms with Crippen molar-refractivity contribution in [3.63, 3.8) is 0 Å². The van der Waals surface area contributed by atoms with Crippen LogP contribution in [0.25, 0.3) is 0 Å². The van der Waals surface area contributed by atoms with E-state index >= 15 is 0 Å². The van der Waals surface area contributed by atoms with E-state index in [9.17, 15) is 0 Å². The maximum atomic E-state index is 2.33. The zero-order chi connectivity index (χ0) is 16.9. The second-order valence-electron chi connectivity index (χ2n) is 8.03. The molecule has 4 rings (SSSR count). The molecule has 0 radical (unpaired) electrons. The van der Waals surface area contributed by atoms with E-state index in [2.05, 4.69) is 62.4 Å². The van der Waals surface area contributed by atoms with Crippen molar-refractivity contribution in [2.24, 2.45) is 0 Å². The van der Waals surface area contributed by atoms with Crippen molar-refractivity contribution >= 4 is 0 Å². The van der Waals surface area contributed by atoms with Crippen LogP contribution < -0.4 is 24.8 Å². The zero-order valence-electron chi connectivity index (χ0n) is 16.9. The third kappa shape index (κ3) is 6.07. The molecule has 148 valence electrons. The maximum absolute atomic E-state index is 2.33. The molecule has 2 aliphatic carbocycles. The van der Waals surface area contributed by atoms with E-state index in [1.165, 1.54) is 64.2 Å². The summed E-state index contributed by atoms with van der Waals surface area (Å²) in [5.74, 6) is 0. The van der Waals surface area contributed by atoms with Crippen molar-refractivity contribution in [1.82, 2.24) is 0 Å². The van der Waals surface area contributed by atoms with Crippen molar-refractivity contribution in [2.75, 3.05) is 0 Å².